The number of H-pyrrole nitrogens is 1. The van der Waals surface area contributed by atoms with Gasteiger partial charge in [0.25, 0.3) is 0 Å². The Kier molecular flexibility index (Phi) is 2.68. The number of halogens is 1. The minimum absolute atomic E-state index is 0.0366. The third kappa shape index (κ3) is 2.08. The molecular formula is C11H10FN3O. The minimum Gasteiger partial charge on any atom is -0.396 e. The van der Waals surface area contributed by atoms with Crippen LogP contribution in [-0.4, -0.2) is 15.8 Å². The highest BCUT2D eigenvalue weighted by atomic mass is 19.1. The summed E-state index contributed by atoms with van der Waals surface area (Å²) in [7, 11) is 0. The van der Waals surface area contributed by atoms with Crippen molar-refractivity contribution in [3.8, 4) is 0 Å². The number of benzene rings is 1. The molecule has 0 aliphatic rings. The van der Waals surface area contributed by atoms with Crippen molar-refractivity contribution in [1.29, 1.82) is 0 Å². The van der Waals surface area contributed by atoms with E-state index >= 15 is 0 Å². The van der Waals surface area contributed by atoms with E-state index < -0.39 is 5.82 Å². The molecule has 0 fully saturated rings. The Morgan fingerprint density at radius 1 is 1.50 bits per heavy atom. The van der Waals surface area contributed by atoms with Crippen LogP contribution in [0.2, 0.25) is 0 Å². The summed E-state index contributed by atoms with van der Waals surface area (Å²) in [6.45, 7) is 0. The number of nitrogens with one attached hydrogen (secondary N) is 1. The number of imidazole rings is 1. The molecule has 5 heteroatoms. The average Bonchev–Trinajstić information content (AvgIpc) is 2.74. The largest absolute Gasteiger partial charge is 0.396 e. The average molecular weight is 219 g/mol. The number of Topliss-reactive ketones (excluding diaryl/α,β-unsaturated/α-hetero) is 1. The van der Waals surface area contributed by atoms with Crippen molar-refractivity contribution >= 4 is 11.5 Å². The number of nitrogen functional groups attached to an aromatic ring is 1. The van der Waals surface area contributed by atoms with E-state index in [1.165, 1.54) is 12.1 Å². The second-order valence-corrected chi connectivity index (χ2v) is 3.37. The second-order valence-electron chi connectivity index (χ2n) is 3.37. The summed E-state index contributed by atoms with van der Waals surface area (Å²) in [6.07, 6.45) is 3.31. The summed E-state index contributed by atoms with van der Waals surface area (Å²) in [4.78, 5) is 18.4. The zero-order chi connectivity index (χ0) is 11.5. The van der Waals surface area contributed by atoms with Crippen molar-refractivity contribution in [3.63, 3.8) is 0 Å². The van der Waals surface area contributed by atoms with E-state index in [0.717, 1.165) is 6.07 Å². The number of ketones is 1. The summed E-state index contributed by atoms with van der Waals surface area (Å²) in [5.41, 5.74) is 5.65. The lowest BCUT2D eigenvalue weighted by Gasteiger charge is -2.01. The number of rotatable bonds is 3. The number of nitrogens with two attached hydrogens (primary N) is 1. The highest BCUT2D eigenvalue weighted by Crippen LogP contribution is 2.13. The normalized spacial score (nSPS) is 10.3. The van der Waals surface area contributed by atoms with Crippen LogP contribution >= 0.6 is 0 Å². The van der Waals surface area contributed by atoms with Crippen molar-refractivity contribution in [1.82, 2.24) is 9.97 Å². The van der Waals surface area contributed by atoms with Gasteiger partial charge in [0, 0.05) is 18.0 Å². The molecule has 82 valence electrons. The van der Waals surface area contributed by atoms with Gasteiger partial charge in [0.05, 0.1) is 12.1 Å². The third-order valence-electron chi connectivity index (χ3n) is 2.21. The van der Waals surface area contributed by atoms with Crippen LogP contribution in [0, 0.1) is 5.82 Å². The smallest absolute Gasteiger partial charge is 0.170 e. The predicted molar refractivity (Wildman–Crippen MR) is 57.4 cm³/mol. The van der Waals surface area contributed by atoms with Gasteiger partial charge in [-0.25, -0.2) is 9.37 Å². The molecule has 1 aromatic heterocycles. The van der Waals surface area contributed by atoms with Gasteiger partial charge in [-0.05, 0) is 18.2 Å². The van der Waals surface area contributed by atoms with Crippen molar-refractivity contribution in [2.24, 2.45) is 0 Å². The van der Waals surface area contributed by atoms with Gasteiger partial charge in [0.1, 0.15) is 11.6 Å². The first kappa shape index (κ1) is 10.4. The summed E-state index contributed by atoms with van der Waals surface area (Å²) in [6, 6.07) is 4.02. The molecule has 1 aromatic carbocycles. The molecule has 0 bridgehead atoms. The molecular weight excluding hydrogens is 209 g/mol. The van der Waals surface area contributed by atoms with Crippen molar-refractivity contribution in [3.05, 3.63) is 47.8 Å². The van der Waals surface area contributed by atoms with Crippen LogP contribution in [0.3, 0.4) is 0 Å². The molecule has 0 aliphatic carbocycles. The topological polar surface area (TPSA) is 71.8 Å². The Bertz CT molecular complexity index is 508. The van der Waals surface area contributed by atoms with E-state index in [9.17, 15) is 9.18 Å². The number of hydrogen-bond acceptors (Lipinski definition) is 3. The zero-order valence-electron chi connectivity index (χ0n) is 8.40. The fourth-order valence-corrected chi connectivity index (χ4v) is 1.35. The van der Waals surface area contributed by atoms with Gasteiger partial charge in [-0.3, -0.25) is 4.79 Å². The Morgan fingerprint density at radius 3 is 2.94 bits per heavy atom. The SMILES string of the molecule is Nc1ccc(C(=O)Cc2ncc[nH]2)cc1F. The molecule has 0 atom stereocenters. The van der Waals surface area contributed by atoms with E-state index in [0.29, 0.717) is 11.4 Å². The van der Waals surface area contributed by atoms with Crippen LogP contribution in [0.5, 0.6) is 0 Å². The van der Waals surface area contributed by atoms with Crippen LogP contribution < -0.4 is 5.73 Å². The maximum Gasteiger partial charge on any atom is 0.170 e. The van der Waals surface area contributed by atoms with Crippen LogP contribution in [0.4, 0.5) is 10.1 Å². The highest BCUT2D eigenvalue weighted by molar-refractivity contribution is 5.97. The van der Waals surface area contributed by atoms with Crippen LogP contribution in [0.1, 0.15) is 16.2 Å². The Labute approximate surface area is 91.3 Å². The fraction of sp³-hybridized carbons (Fsp3) is 0.0909. The molecule has 0 amide bonds. The predicted octanol–water partition coefficient (Wildman–Crippen LogP) is 1.56. The molecule has 0 aliphatic heterocycles. The summed E-state index contributed by atoms with van der Waals surface area (Å²) < 4.78 is 13.1. The lowest BCUT2D eigenvalue weighted by molar-refractivity contribution is 0.0990. The number of anilines is 1. The third-order valence-corrected chi connectivity index (χ3v) is 2.21. The van der Waals surface area contributed by atoms with Gasteiger partial charge >= 0.3 is 0 Å². The standard InChI is InChI=1S/C11H10FN3O/c12-8-5-7(1-2-9(8)13)10(16)6-11-14-3-4-15-11/h1-5H,6,13H2,(H,14,15). The van der Waals surface area contributed by atoms with Crippen LogP contribution in [-0.2, 0) is 6.42 Å². The Balaban J connectivity index is 2.18. The maximum absolute atomic E-state index is 13.1. The van der Waals surface area contributed by atoms with Crippen LogP contribution in [0.25, 0.3) is 0 Å². The first-order valence-corrected chi connectivity index (χ1v) is 4.73. The molecule has 1 heterocycles. The maximum atomic E-state index is 13.1. The molecule has 0 saturated carbocycles. The molecule has 0 saturated heterocycles. The number of aromatic amines is 1. The monoisotopic (exact) mass is 219 g/mol. The molecule has 0 spiro atoms. The molecule has 0 unspecified atom stereocenters. The van der Waals surface area contributed by atoms with Gasteiger partial charge in [0.15, 0.2) is 5.78 Å². The molecule has 0 radical (unpaired) electrons. The van der Waals surface area contributed by atoms with E-state index in [4.69, 9.17) is 5.73 Å². The summed E-state index contributed by atoms with van der Waals surface area (Å²) in [5.74, 6) is -0.221. The fourth-order valence-electron chi connectivity index (χ4n) is 1.35. The minimum atomic E-state index is -0.578. The van der Waals surface area contributed by atoms with Gasteiger partial charge < -0.3 is 10.7 Å². The first-order chi connectivity index (χ1) is 7.66. The Morgan fingerprint density at radius 2 is 2.31 bits per heavy atom. The first-order valence-electron chi connectivity index (χ1n) is 4.73. The zero-order valence-corrected chi connectivity index (χ0v) is 8.40. The van der Waals surface area contributed by atoms with Gasteiger partial charge in [-0.1, -0.05) is 0 Å². The number of carbonyl (C=O) groups is 1. The Hall–Kier alpha value is -2.17. The van der Waals surface area contributed by atoms with E-state index in [1.807, 2.05) is 0 Å². The number of aromatic nitrogens is 2. The summed E-state index contributed by atoms with van der Waals surface area (Å²) in [5, 5.41) is 0. The number of hydrogen-bond donors (Lipinski definition) is 2. The van der Waals surface area contributed by atoms with Crippen molar-refractivity contribution in [2.75, 3.05) is 5.73 Å². The quantitative estimate of drug-likeness (QED) is 0.607. The molecule has 2 rings (SSSR count). The second kappa shape index (κ2) is 4.14. The molecule has 4 nitrogen and oxygen atoms in total. The van der Waals surface area contributed by atoms with E-state index in [1.54, 1.807) is 12.4 Å². The molecule has 16 heavy (non-hydrogen) atoms. The van der Waals surface area contributed by atoms with Crippen molar-refractivity contribution in [2.45, 2.75) is 6.42 Å². The molecule has 2 aromatic rings. The number of carbonyl (C=O) groups excluding carboxylic acids is 1. The number of nitrogens with zero attached hydrogens (tertiary/aromatic N) is 1. The van der Waals surface area contributed by atoms with E-state index in [2.05, 4.69) is 9.97 Å². The van der Waals surface area contributed by atoms with Gasteiger partial charge in [-0.15, -0.1) is 0 Å². The van der Waals surface area contributed by atoms with Gasteiger partial charge in [0.2, 0.25) is 0 Å². The highest BCUT2D eigenvalue weighted by Gasteiger charge is 2.10. The van der Waals surface area contributed by atoms with E-state index in [-0.39, 0.29) is 17.9 Å². The van der Waals surface area contributed by atoms with Crippen molar-refractivity contribution < 1.29 is 9.18 Å². The lowest BCUT2D eigenvalue weighted by Crippen LogP contribution is -2.06. The lowest BCUT2D eigenvalue weighted by atomic mass is 10.1. The molecule has 3 N–H and O–H groups in total. The van der Waals surface area contributed by atoms with Gasteiger partial charge in [-0.2, -0.15) is 0 Å². The van der Waals surface area contributed by atoms with Crippen LogP contribution in [0.15, 0.2) is 30.6 Å². The summed E-state index contributed by atoms with van der Waals surface area (Å²) >= 11 is 0.